The van der Waals surface area contributed by atoms with E-state index in [0.717, 1.165) is 12.8 Å². The quantitative estimate of drug-likeness (QED) is 0.858. The van der Waals surface area contributed by atoms with Gasteiger partial charge in [-0.05, 0) is 43.5 Å². The lowest BCUT2D eigenvalue weighted by atomic mass is 10.0. The van der Waals surface area contributed by atoms with Crippen molar-refractivity contribution in [1.29, 1.82) is 0 Å². The maximum absolute atomic E-state index is 13.0. The summed E-state index contributed by atoms with van der Waals surface area (Å²) in [6, 6.07) is 4.56. The second kappa shape index (κ2) is 4.35. The molecule has 0 unspecified atom stereocenters. The molecule has 0 heterocycles. The molecule has 3 nitrogen and oxygen atoms in total. The fourth-order valence-corrected chi connectivity index (χ4v) is 1.81. The van der Waals surface area contributed by atoms with Gasteiger partial charge >= 0.3 is 5.97 Å². The Kier molecular flexibility index (Phi) is 3.05. The average molecular weight is 238 g/mol. The number of benzene rings is 1. The van der Waals surface area contributed by atoms with Crippen LogP contribution in [0.1, 0.15) is 24.8 Å². The Labute approximate surface area is 99.2 Å². The summed E-state index contributed by atoms with van der Waals surface area (Å²) in [5, 5.41) is 8.76. The van der Waals surface area contributed by atoms with E-state index in [-0.39, 0.29) is 17.7 Å². The Morgan fingerprint density at radius 3 is 2.76 bits per heavy atom. The summed E-state index contributed by atoms with van der Waals surface area (Å²) in [5.41, 5.74) is 0.333. The first-order chi connectivity index (χ1) is 8.01. The van der Waals surface area contributed by atoms with Gasteiger partial charge in [-0.3, -0.25) is 4.79 Å². The first-order valence-electron chi connectivity index (χ1n) is 5.62. The van der Waals surface area contributed by atoms with Gasteiger partial charge in [-0.2, -0.15) is 0 Å². The second-order valence-corrected chi connectivity index (χ2v) is 4.77. The number of aryl methyl sites for hydroxylation is 1. The van der Waals surface area contributed by atoms with Crippen LogP contribution in [0.15, 0.2) is 18.2 Å². The number of ether oxygens (including phenoxy) is 1. The van der Waals surface area contributed by atoms with Crippen molar-refractivity contribution in [1.82, 2.24) is 0 Å². The highest BCUT2D eigenvalue weighted by Crippen LogP contribution is 2.49. The first-order valence-corrected chi connectivity index (χ1v) is 5.62. The van der Waals surface area contributed by atoms with Crippen LogP contribution in [0.2, 0.25) is 0 Å². The molecule has 0 amide bonds. The third kappa shape index (κ3) is 2.96. The molecule has 17 heavy (non-hydrogen) atoms. The minimum atomic E-state index is -0.790. The standard InChI is InChI=1S/C13H15FO3/c1-9-6-10(2-3-11(9)14)17-8-13(4-5-13)7-12(15)16/h2-3,6H,4-5,7-8H2,1H3,(H,15,16). The van der Waals surface area contributed by atoms with E-state index >= 15 is 0 Å². The molecule has 0 atom stereocenters. The van der Waals surface area contributed by atoms with E-state index < -0.39 is 5.97 Å². The monoisotopic (exact) mass is 238 g/mol. The number of carboxylic acid groups (broad SMARTS) is 1. The van der Waals surface area contributed by atoms with Gasteiger partial charge in [0.15, 0.2) is 0 Å². The summed E-state index contributed by atoms with van der Waals surface area (Å²) in [6.07, 6.45) is 1.92. The van der Waals surface area contributed by atoms with Gasteiger partial charge in [0.05, 0.1) is 13.0 Å². The molecular weight excluding hydrogens is 223 g/mol. The number of carboxylic acids is 1. The third-order valence-corrected chi connectivity index (χ3v) is 3.16. The summed E-state index contributed by atoms with van der Waals surface area (Å²) in [4.78, 5) is 10.7. The van der Waals surface area contributed by atoms with E-state index in [9.17, 15) is 9.18 Å². The minimum absolute atomic E-state index is 0.146. The lowest BCUT2D eigenvalue weighted by Crippen LogP contribution is -2.17. The van der Waals surface area contributed by atoms with Crippen LogP contribution in [-0.2, 0) is 4.79 Å². The number of aliphatic carboxylic acids is 1. The topological polar surface area (TPSA) is 46.5 Å². The largest absolute Gasteiger partial charge is 0.493 e. The van der Waals surface area contributed by atoms with E-state index in [4.69, 9.17) is 9.84 Å². The van der Waals surface area contributed by atoms with Gasteiger partial charge in [-0.15, -0.1) is 0 Å². The van der Waals surface area contributed by atoms with Gasteiger partial charge in [-0.25, -0.2) is 4.39 Å². The van der Waals surface area contributed by atoms with Gasteiger partial charge < -0.3 is 9.84 Å². The van der Waals surface area contributed by atoms with E-state index in [2.05, 4.69) is 0 Å². The van der Waals surface area contributed by atoms with Crippen molar-refractivity contribution in [3.8, 4) is 5.75 Å². The first kappa shape index (κ1) is 11.9. The van der Waals surface area contributed by atoms with Crippen molar-refractivity contribution in [2.45, 2.75) is 26.2 Å². The van der Waals surface area contributed by atoms with Crippen LogP contribution < -0.4 is 4.74 Å². The van der Waals surface area contributed by atoms with Crippen molar-refractivity contribution in [2.75, 3.05) is 6.61 Å². The van der Waals surface area contributed by atoms with Crippen LogP contribution >= 0.6 is 0 Å². The van der Waals surface area contributed by atoms with Gasteiger partial charge in [0, 0.05) is 5.41 Å². The molecular formula is C13H15FO3. The lowest BCUT2D eigenvalue weighted by Gasteiger charge is -2.14. The van der Waals surface area contributed by atoms with Crippen molar-refractivity contribution >= 4 is 5.97 Å². The molecule has 0 spiro atoms. The fourth-order valence-electron chi connectivity index (χ4n) is 1.81. The SMILES string of the molecule is Cc1cc(OCC2(CC(=O)O)CC2)ccc1F. The van der Waals surface area contributed by atoms with Crippen LogP contribution in [0.4, 0.5) is 4.39 Å². The van der Waals surface area contributed by atoms with Gasteiger partial charge in [0.2, 0.25) is 0 Å². The minimum Gasteiger partial charge on any atom is -0.493 e. The summed E-state index contributed by atoms with van der Waals surface area (Å²) >= 11 is 0. The van der Waals surface area contributed by atoms with Crippen molar-refractivity contribution in [2.24, 2.45) is 5.41 Å². The van der Waals surface area contributed by atoms with Crippen LogP contribution in [0.3, 0.4) is 0 Å². The third-order valence-electron chi connectivity index (χ3n) is 3.16. The van der Waals surface area contributed by atoms with Crippen molar-refractivity contribution in [3.05, 3.63) is 29.6 Å². The van der Waals surface area contributed by atoms with Gasteiger partial charge in [0.1, 0.15) is 11.6 Å². The molecule has 1 aliphatic rings. The Morgan fingerprint density at radius 1 is 1.53 bits per heavy atom. The maximum Gasteiger partial charge on any atom is 0.304 e. The molecule has 92 valence electrons. The Hall–Kier alpha value is -1.58. The smallest absolute Gasteiger partial charge is 0.304 e. The Morgan fingerprint density at radius 2 is 2.24 bits per heavy atom. The maximum atomic E-state index is 13.0. The Balaban J connectivity index is 1.94. The highest BCUT2D eigenvalue weighted by atomic mass is 19.1. The van der Waals surface area contributed by atoms with Crippen LogP contribution in [0.5, 0.6) is 5.75 Å². The van der Waals surface area contributed by atoms with Crippen LogP contribution in [-0.4, -0.2) is 17.7 Å². The van der Waals surface area contributed by atoms with Gasteiger partial charge in [-0.1, -0.05) is 0 Å². The predicted octanol–water partition coefficient (Wildman–Crippen LogP) is 2.77. The summed E-state index contributed by atoms with van der Waals surface area (Å²) in [7, 11) is 0. The molecule has 0 radical (unpaired) electrons. The number of rotatable bonds is 5. The molecule has 1 aromatic carbocycles. The van der Waals surface area contributed by atoms with Crippen molar-refractivity contribution < 1.29 is 19.0 Å². The molecule has 1 aliphatic carbocycles. The average Bonchev–Trinajstić information content (AvgIpc) is 2.99. The molecule has 1 N–H and O–H groups in total. The lowest BCUT2D eigenvalue weighted by molar-refractivity contribution is -0.138. The molecule has 0 aromatic heterocycles. The van der Waals surface area contributed by atoms with Gasteiger partial charge in [0.25, 0.3) is 0 Å². The van der Waals surface area contributed by atoms with E-state index in [1.165, 1.54) is 6.07 Å². The van der Waals surface area contributed by atoms with E-state index in [1.807, 2.05) is 0 Å². The zero-order chi connectivity index (χ0) is 12.5. The van der Waals surface area contributed by atoms with Crippen LogP contribution in [0, 0.1) is 18.2 Å². The zero-order valence-electron chi connectivity index (χ0n) is 9.70. The molecule has 4 heteroatoms. The summed E-state index contributed by atoms with van der Waals surface area (Å²) in [6.45, 7) is 2.07. The summed E-state index contributed by atoms with van der Waals surface area (Å²) < 4.78 is 18.6. The molecule has 0 aliphatic heterocycles. The molecule has 2 rings (SSSR count). The number of hydrogen-bond donors (Lipinski definition) is 1. The number of halogens is 1. The summed E-state index contributed by atoms with van der Waals surface area (Å²) in [5.74, 6) is -0.453. The Bertz CT molecular complexity index is 438. The number of carbonyl (C=O) groups is 1. The van der Waals surface area contributed by atoms with E-state index in [0.29, 0.717) is 17.9 Å². The highest BCUT2D eigenvalue weighted by Gasteiger charge is 2.45. The highest BCUT2D eigenvalue weighted by molar-refractivity contribution is 5.68. The molecule has 1 fully saturated rings. The second-order valence-electron chi connectivity index (χ2n) is 4.77. The molecule has 0 saturated heterocycles. The predicted molar refractivity (Wildman–Crippen MR) is 60.6 cm³/mol. The van der Waals surface area contributed by atoms with Crippen molar-refractivity contribution in [3.63, 3.8) is 0 Å². The van der Waals surface area contributed by atoms with E-state index in [1.54, 1.807) is 19.1 Å². The number of hydrogen-bond acceptors (Lipinski definition) is 2. The fraction of sp³-hybridized carbons (Fsp3) is 0.462. The van der Waals surface area contributed by atoms with Crippen LogP contribution in [0.25, 0.3) is 0 Å². The molecule has 1 aromatic rings. The zero-order valence-corrected chi connectivity index (χ0v) is 9.70. The molecule has 0 bridgehead atoms. The molecule has 1 saturated carbocycles. The normalized spacial score (nSPS) is 16.6.